The number of hydrogen-bond acceptors (Lipinski definition) is 5. The van der Waals surface area contributed by atoms with Crippen LogP contribution in [0.5, 0.6) is 5.75 Å². The normalized spacial score (nSPS) is 11.8. The minimum Gasteiger partial charge on any atom is -0.489 e. The monoisotopic (exact) mass is 409 g/mol. The lowest BCUT2D eigenvalue weighted by Crippen LogP contribution is -2.25. The van der Waals surface area contributed by atoms with Crippen LogP contribution in [0.25, 0.3) is 10.9 Å². The van der Waals surface area contributed by atoms with Gasteiger partial charge in [-0.15, -0.1) is 0 Å². The van der Waals surface area contributed by atoms with Gasteiger partial charge >= 0.3 is 11.9 Å². The molecule has 0 N–H and O–H groups in total. The summed E-state index contributed by atoms with van der Waals surface area (Å²) in [7, 11) is 0. The van der Waals surface area contributed by atoms with Crippen LogP contribution in [0.3, 0.4) is 0 Å². The highest BCUT2D eigenvalue weighted by molar-refractivity contribution is 5.97. The lowest BCUT2D eigenvalue weighted by molar-refractivity contribution is -0.147. The summed E-state index contributed by atoms with van der Waals surface area (Å²) < 4.78 is 18.1. The molecular weight excluding hydrogens is 382 g/mol. The highest BCUT2D eigenvalue weighted by atomic mass is 16.5. The lowest BCUT2D eigenvalue weighted by atomic mass is 10.2. The first-order valence-corrected chi connectivity index (χ1v) is 10.2. The van der Waals surface area contributed by atoms with Crippen molar-refractivity contribution in [3.63, 3.8) is 0 Å². The van der Waals surface area contributed by atoms with Gasteiger partial charge in [0.25, 0.3) is 0 Å². The molecule has 0 amide bonds. The van der Waals surface area contributed by atoms with Crippen LogP contribution in [0.1, 0.15) is 49.3 Å². The summed E-state index contributed by atoms with van der Waals surface area (Å²) >= 11 is 0. The molecule has 30 heavy (non-hydrogen) atoms. The molecule has 0 radical (unpaired) electrons. The number of aromatic nitrogens is 1. The molecule has 0 spiro atoms. The van der Waals surface area contributed by atoms with Gasteiger partial charge in [0.2, 0.25) is 0 Å². The first-order valence-electron chi connectivity index (χ1n) is 10.2. The van der Waals surface area contributed by atoms with Crippen LogP contribution in [0.2, 0.25) is 0 Å². The summed E-state index contributed by atoms with van der Waals surface area (Å²) in [6.07, 6.45) is 0.487. The molecule has 2 aromatic carbocycles. The summed E-state index contributed by atoms with van der Waals surface area (Å²) in [6.45, 7) is 6.38. The average molecular weight is 409 g/mol. The molecule has 0 bridgehead atoms. The summed E-state index contributed by atoms with van der Waals surface area (Å²) in [5, 5.41) is 0.798. The molecule has 0 saturated heterocycles. The van der Waals surface area contributed by atoms with Gasteiger partial charge in [-0.25, -0.2) is 9.59 Å². The van der Waals surface area contributed by atoms with Crippen molar-refractivity contribution in [2.24, 2.45) is 0 Å². The van der Waals surface area contributed by atoms with Gasteiger partial charge in [-0.1, -0.05) is 37.3 Å². The number of benzene rings is 2. The van der Waals surface area contributed by atoms with E-state index in [1.54, 1.807) is 24.5 Å². The Hall–Kier alpha value is -3.28. The second-order valence-electron chi connectivity index (χ2n) is 6.79. The fourth-order valence-corrected chi connectivity index (χ4v) is 3.44. The van der Waals surface area contributed by atoms with Gasteiger partial charge in [0.15, 0.2) is 0 Å². The molecule has 1 atom stereocenters. The molecule has 1 unspecified atom stereocenters. The largest absolute Gasteiger partial charge is 0.489 e. The van der Waals surface area contributed by atoms with E-state index >= 15 is 0 Å². The number of nitrogens with zero attached hydrogens (tertiary/aromatic N) is 1. The Morgan fingerprint density at radius 3 is 2.33 bits per heavy atom. The van der Waals surface area contributed by atoms with Crippen molar-refractivity contribution in [1.29, 1.82) is 0 Å². The quantitative estimate of drug-likeness (QED) is 0.470. The van der Waals surface area contributed by atoms with Gasteiger partial charge in [0.1, 0.15) is 24.1 Å². The zero-order chi connectivity index (χ0) is 21.5. The topological polar surface area (TPSA) is 66.8 Å². The zero-order valence-corrected chi connectivity index (χ0v) is 17.6. The molecule has 6 heteroatoms. The summed E-state index contributed by atoms with van der Waals surface area (Å²) in [5.41, 5.74) is 2.15. The standard InChI is InChI=1S/C24H27NO5/c1-4-20(23(26)28-5-2)25-21-13-12-19(30-16-17-10-8-7-9-11-17)14-18(21)15-22(25)24(27)29-6-3/h7-15,20H,4-6,16H2,1-3H3. The number of ether oxygens (including phenoxy) is 3. The van der Waals surface area contributed by atoms with Crippen LogP contribution in [0.15, 0.2) is 54.6 Å². The number of hydrogen-bond donors (Lipinski definition) is 0. The molecule has 0 saturated carbocycles. The Bertz CT molecular complexity index is 1010. The van der Waals surface area contributed by atoms with E-state index in [1.165, 1.54) is 0 Å². The lowest BCUT2D eigenvalue weighted by Gasteiger charge is -2.19. The molecule has 0 aliphatic rings. The van der Waals surface area contributed by atoms with Crippen molar-refractivity contribution < 1.29 is 23.8 Å². The van der Waals surface area contributed by atoms with Crippen molar-refractivity contribution in [3.8, 4) is 5.75 Å². The zero-order valence-electron chi connectivity index (χ0n) is 17.6. The van der Waals surface area contributed by atoms with E-state index in [0.29, 0.717) is 24.5 Å². The van der Waals surface area contributed by atoms with Gasteiger partial charge in [0.05, 0.1) is 13.2 Å². The van der Waals surface area contributed by atoms with Gasteiger partial charge in [0, 0.05) is 10.9 Å². The highest BCUT2D eigenvalue weighted by Crippen LogP contribution is 2.30. The minimum atomic E-state index is -0.613. The maximum absolute atomic E-state index is 12.6. The van der Waals surface area contributed by atoms with Crippen LogP contribution in [0.4, 0.5) is 0 Å². The smallest absolute Gasteiger partial charge is 0.354 e. The molecular formula is C24H27NO5. The molecule has 3 aromatic rings. The number of carbonyl (C=O) groups is 2. The van der Waals surface area contributed by atoms with Crippen LogP contribution < -0.4 is 4.74 Å². The van der Waals surface area contributed by atoms with Crippen molar-refractivity contribution in [2.75, 3.05) is 13.2 Å². The minimum absolute atomic E-state index is 0.252. The highest BCUT2D eigenvalue weighted by Gasteiger charge is 2.27. The van der Waals surface area contributed by atoms with E-state index < -0.39 is 12.0 Å². The number of rotatable bonds is 9. The molecule has 0 fully saturated rings. The maximum atomic E-state index is 12.6. The molecule has 158 valence electrons. The third kappa shape index (κ3) is 4.64. The number of carbonyl (C=O) groups excluding carboxylic acids is 2. The van der Waals surface area contributed by atoms with Gasteiger partial charge < -0.3 is 18.8 Å². The van der Waals surface area contributed by atoms with Crippen LogP contribution in [-0.2, 0) is 20.9 Å². The Kier molecular flexibility index (Phi) is 7.12. The molecule has 0 aliphatic heterocycles. The van der Waals surface area contributed by atoms with Gasteiger partial charge in [-0.3, -0.25) is 0 Å². The Balaban J connectivity index is 1.99. The summed E-state index contributed by atoms with van der Waals surface area (Å²) in [5.74, 6) is -0.154. The van der Waals surface area contributed by atoms with E-state index in [1.807, 2.05) is 55.5 Å². The van der Waals surface area contributed by atoms with Crippen molar-refractivity contribution in [3.05, 3.63) is 65.9 Å². The second kappa shape index (κ2) is 9.96. The van der Waals surface area contributed by atoms with E-state index in [0.717, 1.165) is 16.5 Å². The van der Waals surface area contributed by atoms with Gasteiger partial charge in [-0.05, 0) is 50.1 Å². The Labute approximate surface area is 176 Å². The number of fused-ring (bicyclic) bond motifs is 1. The fourth-order valence-electron chi connectivity index (χ4n) is 3.44. The van der Waals surface area contributed by atoms with Crippen molar-refractivity contribution in [2.45, 2.75) is 39.8 Å². The van der Waals surface area contributed by atoms with E-state index in [9.17, 15) is 9.59 Å². The summed E-state index contributed by atoms with van der Waals surface area (Å²) in [4.78, 5) is 25.2. The first kappa shape index (κ1) is 21.4. The predicted molar refractivity (Wildman–Crippen MR) is 115 cm³/mol. The molecule has 1 aromatic heterocycles. The maximum Gasteiger partial charge on any atom is 0.354 e. The van der Waals surface area contributed by atoms with E-state index in [4.69, 9.17) is 14.2 Å². The van der Waals surface area contributed by atoms with E-state index in [-0.39, 0.29) is 19.2 Å². The van der Waals surface area contributed by atoms with Gasteiger partial charge in [-0.2, -0.15) is 0 Å². The molecule has 3 rings (SSSR count). The number of esters is 2. The van der Waals surface area contributed by atoms with Crippen LogP contribution >= 0.6 is 0 Å². The summed E-state index contributed by atoms with van der Waals surface area (Å²) in [6, 6.07) is 16.6. The van der Waals surface area contributed by atoms with Crippen molar-refractivity contribution in [1.82, 2.24) is 4.57 Å². The average Bonchev–Trinajstić information content (AvgIpc) is 3.13. The van der Waals surface area contributed by atoms with Crippen LogP contribution in [-0.4, -0.2) is 29.7 Å². The second-order valence-corrected chi connectivity index (χ2v) is 6.79. The Morgan fingerprint density at radius 1 is 0.933 bits per heavy atom. The molecule has 6 nitrogen and oxygen atoms in total. The first-order chi connectivity index (χ1) is 14.6. The Morgan fingerprint density at radius 2 is 1.67 bits per heavy atom. The van der Waals surface area contributed by atoms with Crippen LogP contribution in [0, 0.1) is 0 Å². The molecule has 1 heterocycles. The third-order valence-corrected chi connectivity index (χ3v) is 4.80. The third-order valence-electron chi connectivity index (χ3n) is 4.80. The van der Waals surface area contributed by atoms with Crippen molar-refractivity contribution >= 4 is 22.8 Å². The molecule has 0 aliphatic carbocycles. The predicted octanol–water partition coefficient (Wildman–Crippen LogP) is 4.91. The van der Waals surface area contributed by atoms with E-state index in [2.05, 4.69) is 0 Å². The fraction of sp³-hybridized carbons (Fsp3) is 0.333. The SMILES string of the molecule is CCOC(=O)c1cc2cc(OCc3ccccc3)ccc2n1C(CC)C(=O)OCC.